The number of piperidine rings is 1. The highest BCUT2D eigenvalue weighted by Crippen LogP contribution is 2.22. The van der Waals surface area contributed by atoms with Crippen LogP contribution in [0.25, 0.3) is 0 Å². The lowest BCUT2D eigenvalue weighted by molar-refractivity contribution is -0.135. The Morgan fingerprint density at radius 1 is 1.18 bits per heavy atom. The van der Waals surface area contributed by atoms with E-state index in [4.69, 9.17) is 4.99 Å². The number of rotatable bonds is 5. The molecule has 1 aromatic carbocycles. The number of aliphatic imine (C=N–C) groups is 1. The third kappa shape index (κ3) is 6.54. The van der Waals surface area contributed by atoms with E-state index in [0.29, 0.717) is 12.6 Å². The van der Waals surface area contributed by atoms with Crippen LogP contribution in [0.15, 0.2) is 29.3 Å². The van der Waals surface area contributed by atoms with Crippen molar-refractivity contribution in [2.75, 3.05) is 19.6 Å². The molecule has 28 heavy (non-hydrogen) atoms. The van der Waals surface area contributed by atoms with Crippen molar-refractivity contribution in [2.45, 2.75) is 72.4 Å². The fourth-order valence-electron chi connectivity index (χ4n) is 3.40. The van der Waals surface area contributed by atoms with Crippen LogP contribution in [0.1, 0.15) is 65.5 Å². The number of guanidine groups is 1. The summed E-state index contributed by atoms with van der Waals surface area (Å²) in [7, 11) is 0. The molecule has 1 fully saturated rings. The van der Waals surface area contributed by atoms with Crippen LogP contribution in [0.2, 0.25) is 0 Å². The van der Waals surface area contributed by atoms with E-state index in [1.54, 1.807) is 0 Å². The number of amides is 1. The van der Waals surface area contributed by atoms with Crippen LogP contribution in [0.5, 0.6) is 0 Å². The van der Waals surface area contributed by atoms with E-state index in [1.165, 1.54) is 11.1 Å². The van der Waals surface area contributed by atoms with Gasteiger partial charge >= 0.3 is 0 Å². The molecule has 0 spiro atoms. The molecular formula is C23H38N4O. The summed E-state index contributed by atoms with van der Waals surface area (Å²) in [6.07, 6.45) is 1.92. The van der Waals surface area contributed by atoms with Gasteiger partial charge in [-0.1, -0.05) is 58.9 Å². The number of hydrogen-bond donors (Lipinski definition) is 2. The molecule has 1 aliphatic heterocycles. The van der Waals surface area contributed by atoms with E-state index in [-0.39, 0.29) is 17.2 Å². The second-order valence-electron chi connectivity index (χ2n) is 9.04. The van der Waals surface area contributed by atoms with Crippen molar-refractivity contribution in [1.29, 1.82) is 0 Å². The fourth-order valence-corrected chi connectivity index (χ4v) is 3.40. The second-order valence-corrected chi connectivity index (χ2v) is 9.04. The van der Waals surface area contributed by atoms with Gasteiger partial charge in [-0.2, -0.15) is 0 Å². The van der Waals surface area contributed by atoms with Crippen molar-refractivity contribution in [3.63, 3.8) is 0 Å². The third-order valence-corrected chi connectivity index (χ3v) is 5.23. The Morgan fingerprint density at radius 3 is 2.29 bits per heavy atom. The minimum Gasteiger partial charge on any atom is -0.357 e. The van der Waals surface area contributed by atoms with Gasteiger partial charge in [-0.25, -0.2) is 4.99 Å². The lowest BCUT2D eigenvalue weighted by Gasteiger charge is -2.34. The molecule has 0 aromatic heterocycles. The average Bonchev–Trinajstić information content (AvgIpc) is 2.66. The highest BCUT2D eigenvalue weighted by Gasteiger charge is 2.24. The number of likely N-dealkylation sites (tertiary alicyclic amines) is 1. The molecule has 0 aliphatic carbocycles. The summed E-state index contributed by atoms with van der Waals surface area (Å²) in [4.78, 5) is 18.9. The maximum Gasteiger partial charge on any atom is 0.225 e. The van der Waals surface area contributed by atoms with Gasteiger partial charge in [0.15, 0.2) is 5.96 Å². The summed E-state index contributed by atoms with van der Waals surface area (Å²) in [6.45, 7) is 15.8. The van der Waals surface area contributed by atoms with Gasteiger partial charge in [-0.05, 0) is 36.3 Å². The molecule has 5 nitrogen and oxygen atoms in total. The van der Waals surface area contributed by atoms with E-state index < -0.39 is 0 Å². The molecule has 0 bridgehead atoms. The maximum atomic E-state index is 12.1. The Hall–Kier alpha value is -2.04. The normalized spacial score (nSPS) is 16.4. The van der Waals surface area contributed by atoms with Crippen molar-refractivity contribution in [1.82, 2.24) is 15.5 Å². The molecule has 2 N–H and O–H groups in total. The molecule has 1 aliphatic rings. The van der Waals surface area contributed by atoms with Gasteiger partial charge < -0.3 is 15.5 Å². The first-order valence-electron chi connectivity index (χ1n) is 10.6. The largest absolute Gasteiger partial charge is 0.357 e. The molecule has 1 amide bonds. The number of hydrogen-bond acceptors (Lipinski definition) is 2. The Balaban J connectivity index is 1.91. The lowest BCUT2D eigenvalue weighted by Crippen LogP contribution is -2.50. The zero-order chi connectivity index (χ0) is 20.7. The monoisotopic (exact) mass is 386 g/mol. The van der Waals surface area contributed by atoms with Crippen LogP contribution in [0.4, 0.5) is 0 Å². The summed E-state index contributed by atoms with van der Waals surface area (Å²) in [5.74, 6) is 1.20. The molecule has 1 saturated heterocycles. The van der Waals surface area contributed by atoms with Gasteiger partial charge in [0.05, 0.1) is 6.54 Å². The van der Waals surface area contributed by atoms with E-state index in [9.17, 15) is 4.79 Å². The Kier molecular flexibility index (Phi) is 7.90. The first-order valence-corrected chi connectivity index (χ1v) is 10.6. The van der Waals surface area contributed by atoms with Crippen molar-refractivity contribution >= 4 is 11.9 Å². The van der Waals surface area contributed by atoms with Crippen LogP contribution >= 0.6 is 0 Å². The number of nitrogens with one attached hydrogen (secondary N) is 2. The van der Waals surface area contributed by atoms with Crippen LogP contribution in [-0.2, 0) is 16.8 Å². The first-order chi connectivity index (χ1) is 13.2. The molecule has 1 aromatic rings. The highest BCUT2D eigenvalue weighted by atomic mass is 16.2. The summed E-state index contributed by atoms with van der Waals surface area (Å²) < 4.78 is 0. The zero-order valence-corrected chi connectivity index (χ0v) is 18.5. The van der Waals surface area contributed by atoms with E-state index in [2.05, 4.69) is 62.6 Å². The second kappa shape index (κ2) is 9.94. The zero-order valence-electron chi connectivity index (χ0n) is 18.5. The Morgan fingerprint density at radius 2 is 1.79 bits per heavy atom. The van der Waals surface area contributed by atoms with Gasteiger partial charge in [-0.3, -0.25) is 4.79 Å². The molecule has 156 valence electrons. The van der Waals surface area contributed by atoms with Gasteiger partial charge in [0.1, 0.15) is 0 Å². The topological polar surface area (TPSA) is 56.7 Å². The van der Waals surface area contributed by atoms with Crippen molar-refractivity contribution in [3.05, 3.63) is 35.4 Å². The maximum absolute atomic E-state index is 12.1. The van der Waals surface area contributed by atoms with E-state index in [0.717, 1.165) is 38.4 Å². The predicted octanol–water partition coefficient (Wildman–Crippen LogP) is 3.69. The van der Waals surface area contributed by atoms with Gasteiger partial charge in [0, 0.05) is 31.6 Å². The van der Waals surface area contributed by atoms with Gasteiger partial charge in [0.2, 0.25) is 5.91 Å². The van der Waals surface area contributed by atoms with Crippen LogP contribution in [0.3, 0.4) is 0 Å². The van der Waals surface area contributed by atoms with Crippen LogP contribution in [0, 0.1) is 5.92 Å². The average molecular weight is 387 g/mol. The van der Waals surface area contributed by atoms with Crippen molar-refractivity contribution in [2.24, 2.45) is 10.9 Å². The number of carbonyl (C=O) groups excluding carboxylic acids is 1. The molecule has 0 saturated carbocycles. The van der Waals surface area contributed by atoms with Crippen LogP contribution in [-0.4, -0.2) is 42.4 Å². The number of benzene rings is 1. The van der Waals surface area contributed by atoms with Crippen molar-refractivity contribution < 1.29 is 4.79 Å². The molecule has 0 radical (unpaired) electrons. The number of carbonyl (C=O) groups is 1. The molecular weight excluding hydrogens is 348 g/mol. The fraction of sp³-hybridized carbons (Fsp3) is 0.652. The molecule has 2 rings (SSSR count). The number of nitrogens with zero attached hydrogens (tertiary/aromatic N) is 2. The summed E-state index contributed by atoms with van der Waals surface area (Å²) in [5.41, 5.74) is 2.72. The van der Waals surface area contributed by atoms with Crippen molar-refractivity contribution in [3.8, 4) is 0 Å². The van der Waals surface area contributed by atoms with Crippen LogP contribution < -0.4 is 10.6 Å². The quantitative estimate of drug-likeness (QED) is 0.599. The summed E-state index contributed by atoms with van der Waals surface area (Å²) >= 11 is 0. The molecule has 0 atom stereocenters. The minimum atomic E-state index is 0.0769. The van der Waals surface area contributed by atoms with Gasteiger partial charge in [-0.15, -0.1) is 0 Å². The molecule has 0 unspecified atom stereocenters. The predicted molar refractivity (Wildman–Crippen MR) is 118 cm³/mol. The van der Waals surface area contributed by atoms with E-state index in [1.807, 2.05) is 18.7 Å². The standard InChI is InChI=1S/C23H38N4O/c1-7-24-22(25-16-18-8-10-19(11-9-18)23(4,5)6)26-20-12-14-27(15-13-20)21(28)17(2)3/h8-11,17,20H,7,12-16H2,1-6H3,(H2,24,25,26). The summed E-state index contributed by atoms with van der Waals surface area (Å²) in [5, 5.41) is 6.90. The Labute approximate surface area is 171 Å². The molecule has 5 heteroatoms. The Bertz CT molecular complexity index is 650. The smallest absolute Gasteiger partial charge is 0.225 e. The summed E-state index contributed by atoms with van der Waals surface area (Å²) in [6, 6.07) is 9.10. The van der Waals surface area contributed by atoms with E-state index >= 15 is 0 Å². The minimum absolute atomic E-state index is 0.0769. The third-order valence-electron chi connectivity index (χ3n) is 5.23. The molecule has 1 heterocycles. The highest BCUT2D eigenvalue weighted by molar-refractivity contribution is 5.80. The lowest BCUT2D eigenvalue weighted by atomic mass is 9.87. The first kappa shape index (κ1) is 22.3. The van der Waals surface area contributed by atoms with Gasteiger partial charge in [0.25, 0.3) is 0 Å². The SMILES string of the molecule is CCNC(=NCc1ccc(C(C)(C)C)cc1)NC1CCN(C(=O)C(C)C)CC1.